The number of aliphatic hydroxyl groups excluding tert-OH is 1. The Labute approximate surface area is 74.5 Å². The zero-order valence-corrected chi connectivity index (χ0v) is 7.79. The van der Waals surface area contributed by atoms with Gasteiger partial charge in [-0.1, -0.05) is 19.1 Å². The maximum absolute atomic E-state index is 9.54. The minimum absolute atomic E-state index is 0.0189. The van der Waals surface area contributed by atoms with Gasteiger partial charge in [0.15, 0.2) is 0 Å². The third-order valence-corrected chi connectivity index (χ3v) is 3.69. The van der Waals surface area contributed by atoms with Crippen molar-refractivity contribution in [3.8, 4) is 0 Å². The molecule has 12 heavy (non-hydrogen) atoms. The van der Waals surface area contributed by atoms with E-state index >= 15 is 0 Å². The molecule has 0 aromatic rings. The molecule has 0 heterocycles. The summed E-state index contributed by atoms with van der Waals surface area (Å²) in [6.45, 7) is 2.35. The van der Waals surface area contributed by atoms with E-state index in [-0.39, 0.29) is 6.10 Å². The van der Waals surface area contributed by atoms with Crippen molar-refractivity contribution in [1.82, 2.24) is 0 Å². The van der Waals surface area contributed by atoms with Crippen molar-refractivity contribution in [1.29, 1.82) is 0 Å². The minimum atomic E-state index is -0.0189. The molecule has 2 aliphatic rings. The van der Waals surface area contributed by atoms with Gasteiger partial charge < -0.3 is 5.11 Å². The number of rotatable bonds is 0. The molecular formula is C11H18O. The molecule has 0 aromatic carbocycles. The SMILES string of the molecule is C[C@]12C=CCCC1C[C@H](O)CC2. The van der Waals surface area contributed by atoms with E-state index in [1.165, 1.54) is 19.3 Å². The van der Waals surface area contributed by atoms with Crippen LogP contribution in [0, 0.1) is 11.3 Å². The smallest absolute Gasteiger partial charge is 0.0543 e. The Morgan fingerprint density at radius 3 is 3.08 bits per heavy atom. The van der Waals surface area contributed by atoms with E-state index in [2.05, 4.69) is 19.1 Å². The van der Waals surface area contributed by atoms with E-state index in [4.69, 9.17) is 0 Å². The Hall–Kier alpha value is -0.300. The van der Waals surface area contributed by atoms with Crippen LogP contribution in [0.3, 0.4) is 0 Å². The topological polar surface area (TPSA) is 20.2 Å². The summed E-state index contributed by atoms with van der Waals surface area (Å²) in [7, 11) is 0. The molecule has 1 unspecified atom stereocenters. The van der Waals surface area contributed by atoms with Crippen molar-refractivity contribution < 1.29 is 5.11 Å². The third kappa shape index (κ3) is 1.31. The first-order chi connectivity index (χ1) is 5.71. The number of allylic oxidation sites excluding steroid dienone is 2. The molecule has 1 saturated carbocycles. The van der Waals surface area contributed by atoms with Crippen molar-refractivity contribution >= 4 is 0 Å². The predicted octanol–water partition coefficient (Wildman–Crippen LogP) is 2.50. The Kier molecular flexibility index (Phi) is 1.99. The van der Waals surface area contributed by atoms with Gasteiger partial charge >= 0.3 is 0 Å². The van der Waals surface area contributed by atoms with Crippen LogP contribution in [0.25, 0.3) is 0 Å². The molecule has 0 radical (unpaired) electrons. The molecular weight excluding hydrogens is 148 g/mol. The minimum Gasteiger partial charge on any atom is -0.393 e. The highest BCUT2D eigenvalue weighted by atomic mass is 16.3. The molecule has 68 valence electrons. The van der Waals surface area contributed by atoms with E-state index in [9.17, 15) is 5.11 Å². The Balaban J connectivity index is 2.15. The molecule has 0 saturated heterocycles. The normalized spacial score (nSPS) is 47.2. The number of hydrogen-bond acceptors (Lipinski definition) is 1. The molecule has 2 rings (SSSR count). The van der Waals surface area contributed by atoms with Crippen LogP contribution >= 0.6 is 0 Å². The second kappa shape index (κ2) is 2.88. The van der Waals surface area contributed by atoms with Crippen molar-refractivity contribution in [2.24, 2.45) is 11.3 Å². The number of aliphatic hydroxyl groups is 1. The van der Waals surface area contributed by atoms with E-state index in [0.717, 1.165) is 18.8 Å². The maximum Gasteiger partial charge on any atom is 0.0543 e. The van der Waals surface area contributed by atoms with Crippen LogP contribution in [0.1, 0.15) is 39.0 Å². The van der Waals surface area contributed by atoms with Crippen LogP contribution < -0.4 is 0 Å². The standard InChI is InChI=1S/C11H18O/c1-11-6-3-2-4-9(11)8-10(12)5-7-11/h3,6,9-10,12H,2,4-5,7-8H2,1H3/t9?,10-,11-/m1/s1. The summed E-state index contributed by atoms with van der Waals surface area (Å²) < 4.78 is 0. The number of fused-ring (bicyclic) bond motifs is 1. The van der Waals surface area contributed by atoms with Crippen molar-refractivity contribution in [2.45, 2.75) is 45.1 Å². The van der Waals surface area contributed by atoms with Gasteiger partial charge in [-0.05, 0) is 43.4 Å². The molecule has 0 aromatic heterocycles. The fourth-order valence-electron chi connectivity index (χ4n) is 2.71. The molecule has 1 nitrogen and oxygen atoms in total. The van der Waals surface area contributed by atoms with Gasteiger partial charge in [0.1, 0.15) is 0 Å². The Bertz CT molecular complexity index is 197. The van der Waals surface area contributed by atoms with E-state index in [1.807, 2.05) is 0 Å². The number of hydrogen-bond donors (Lipinski definition) is 1. The van der Waals surface area contributed by atoms with Crippen molar-refractivity contribution in [2.75, 3.05) is 0 Å². The first-order valence-electron chi connectivity index (χ1n) is 5.06. The van der Waals surface area contributed by atoms with Crippen LogP contribution in [0.15, 0.2) is 12.2 Å². The molecule has 1 heteroatoms. The van der Waals surface area contributed by atoms with Crippen molar-refractivity contribution in [3.63, 3.8) is 0 Å². The van der Waals surface area contributed by atoms with Crippen LogP contribution in [-0.4, -0.2) is 11.2 Å². The summed E-state index contributed by atoms with van der Waals surface area (Å²) in [5.74, 6) is 0.742. The van der Waals surface area contributed by atoms with E-state index in [0.29, 0.717) is 5.41 Å². The first kappa shape index (κ1) is 8.31. The van der Waals surface area contributed by atoms with Gasteiger partial charge in [0.25, 0.3) is 0 Å². The predicted molar refractivity (Wildman–Crippen MR) is 49.8 cm³/mol. The molecule has 1 N–H and O–H groups in total. The molecule has 0 amide bonds. The summed E-state index contributed by atoms with van der Waals surface area (Å²) in [4.78, 5) is 0. The summed E-state index contributed by atoms with van der Waals surface area (Å²) in [6, 6.07) is 0. The molecule has 0 spiro atoms. The van der Waals surface area contributed by atoms with Crippen LogP contribution in [0.2, 0.25) is 0 Å². The summed E-state index contributed by atoms with van der Waals surface area (Å²) in [5.41, 5.74) is 0.414. The Morgan fingerprint density at radius 1 is 1.42 bits per heavy atom. The highest BCUT2D eigenvalue weighted by molar-refractivity contribution is 5.07. The lowest BCUT2D eigenvalue weighted by atomic mass is 9.63. The highest BCUT2D eigenvalue weighted by Crippen LogP contribution is 2.46. The second-order valence-corrected chi connectivity index (χ2v) is 4.61. The maximum atomic E-state index is 9.54. The van der Waals surface area contributed by atoms with E-state index in [1.54, 1.807) is 0 Å². The summed E-state index contributed by atoms with van der Waals surface area (Å²) >= 11 is 0. The first-order valence-corrected chi connectivity index (χ1v) is 5.06. The largest absolute Gasteiger partial charge is 0.393 e. The van der Waals surface area contributed by atoms with Gasteiger partial charge in [-0.15, -0.1) is 0 Å². The van der Waals surface area contributed by atoms with Gasteiger partial charge in [-0.3, -0.25) is 0 Å². The lowest BCUT2D eigenvalue weighted by molar-refractivity contribution is 0.0361. The van der Waals surface area contributed by atoms with Crippen LogP contribution in [0.4, 0.5) is 0 Å². The fraction of sp³-hybridized carbons (Fsp3) is 0.818. The van der Waals surface area contributed by atoms with Gasteiger partial charge in [0.05, 0.1) is 6.10 Å². The summed E-state index contributed by atoms with van der Waals surface area (Å²) in [5, 5.41) is 9.54. The van der Waals surface area contributed by atoms with Gasteiger partial charge in [0.2, 0.25) is 0 Å². The third-order valence-electron chi connectivity index (χ3n) is 3.69. The zero-order chi connectivity index (χ0) is 8.60. The quantitative estimate of drug-likeness (QED) is 0.548. The monoisotopic (exact) mass is 166 g/mol. The van der Waals surface area contributed by atoms with Crippen molar-refractivity contribution in [3.05, 3.63) is 12.2 Å². The average molecular weight is 166 g/mol. The molecule has 3 atom stereocenters. The molecule has 0 aliphatic heterocycles. The highest BCUT2D eigenvalue weighted by Gasteiger charge is 2.38. The van der Waals surface area contributed by atoms with Crippen LogP contribution in [0.5, 0.6) is 0 Å². The average Bonchev–Trinajstić information content (AvgIpc) is 2.06. The lowest BCUT2D eigenvalue weighted by Gasteiger charge is -2.43. The van der Waals surface area contributed by atoms with Gasteiger partial charge in [0, 0.05) is 0 Å². The van der Waals surface area contributed by atoms with Gasteiger partial charge in [-0.2, -0.15) is 0 Å². The second-order valence-electron chi connectivity index (χ2n) is 4.61. The summed E-state index contributed by atoms with van der Waals surface area (Å²) in [6.07, 6.45) is 10.4. The molecule has 1 fully saturated rings. The van der Waals surface area contributed by atoms with Crippen LogP contribution in [-0.2, 0) is 0 Å². The van der Waals surface area contributed by atoms with Gasteiger partial charge in [-0.25, -0.2) is 0 Å². The fourth-order valence-corrected chi connectivity index (χ4v) is 2.71. The molecule has 0 bridgehead atoms. The Morgan fingerprint density at radius 2 is 2.25 bits per heavy atom. The molecule has 2 aliphatic carbocycles. The van der Waals surface area contributed by atoms with E-state index < -0.39 is 0 Å². The lowest BCUT2D eigenvalue weighted by Crippen LogP contribution is -2.36. The zero-order valence-electron chi connectivity index (χ0n) is 7.79.